The van der Waals surface area contributed by atoms with Crippen LogP contribution in [0.2, 0.25) is 5.02 Å². The minimum atomic E-state index is -3.88. The number of hydrogen-bond acceptors (Lipinski definition) is 5. The van der Waals surface area contributed by atoms with E-state index < -0.39 is 16.0 Å². The highest BCUT2D eigenvalue weighted by Gasteiger charge is 2.37. The molecule has 1 fully saturated rings. The lowest BCUT2D eigenvalue weighted by molar-refractivity contribution is 0.0600. The van der Waals surface area contributed by atoms with Crippen molar-refractivity contribution in [3.8, 4) is 0 Å². The maximum Gasteiger partial charge on any atom is 0.337 e. The number of methoxy groups -OCH3 is 1. The number of hydrogen-bond donors (Lipinski definition) is 0. The number of carbonyl (C=O) groups is 1. The molecule has 150 valence electrons. The summed E-state index contributed by atoms with van der Waals surface area (Å²) in [6.07, 6.45) is 1.48. The molecule has 3 rings (SSSR count). The van der Waals surface area contributed by atoms with E-state index in [2.05, 4.69) is 0 Å². The first kappa shape index (κ1) is 20.6. The smallest absolute Gasteiger partial charge is 0.337 e. The predicted octanol–water partition coefficient (Wildman–Crippen LogP) is 3.72. The number of halogens is 1. The number of benzene rings is 2. The maximum atomic E-state index is 13.4. The molecule has 1 saturated heterocycles. The standard InChI is InChI=1S/C20H23ClN2O4S/c1-22(2)16-7-4-6-14(12-16)18-8-5-11-23(18)28(25,26)19-13-15(20(24)27-3)9-10-17(19)21/h4,6-7,9-10,12-13,18H,5,8,11H2,1-3H3. The van der Waals surface area contributed by atoms with Crippen molar-refractivity contribution in [3.63, 3.8) is 0 Å². The fourth-order valence-corrected chi connectivity index (χ4v) is 5.63. The van der Waals surface area contributed by atoms with Gasteiger partial charge in [-0.05, 0) is 48.7 Å². The summed E-state index contributed by atoms with van der Waals surface area (Å²) in [5.74, 6) is -0.607. The van der Waals surface area contributed by atoms with E-state index in [9.17, 15) is 13.2 Å². The molecule has 0 N–H and O–H groups in total. The number of sulfonamides is 1. The van der Waals surface area contributed by atoms with Gasteiger partial charge in [0, 0.05) is 26.3 Å². The molecule has 1 heterocycles. The second-order valence-corrected chi connectivity index (χ2v) is 9.17. The van der Waals surface area contributed by atoms with Crippen molar-refractivity contribution < 1.29 is 17.9 Å². The fourth-order valence-electron chi connectivity index (χ4n) is 3.44. The van der Waals surface area contributed by atoms with Crippen molar-refractivity contribution in [1.29, 1.82) is 0 Å². The largest absolute Gasteiger partial charge is 0.465 e. The predicted molar refractivity (Wildman–Crippen MR) is 109 cm³/mol. The van der Waals surface area contributed by atoms with Crippen LogP contribution in [0.15, 0.2) is 47.4 Å². The zero-order chi connectivity index (χ0) is 20.5. The lowest BCUT2D eigenvalue weighted by atomic mass is 10.0. The van der Waals surface area contributed by atoms with Crippen molar-refractivity contribution in [2.75, 3.05) is 32.6 Å². The Balaban J connectivity index is 2.02. The van der Waals surface area contributed by atoms with E-state index in [0.717, 1.165) is 24.1 Å². The zero-order valence-electron chi connectivity index (χ0n) is 16.1. The Bertz CT molecular complexity index is 991. The van der Waals surface area contributed by atoms with Gasteiger partial charge < -0.3 is 9.64 Å². The van der Waals surface area contributed by atoms with Gasteiger partial charge >= 0.3 is 5.97 Å². The molecule has 0 saturated carbocycles. The van der Waals surface area contributed by atoms with Gasteiger partial charge in [-0.25, -0.2) is 13.2 Å². The zero-order valence-corrected chi connectivity index (χ0v) is 17.6. The van der Waals surface area contributed by atoms with Gasteiger partial charge in [0.2, 0.25) is 10.0 Å². The number of esters is 1. The van der Waals surface area contributed by atoms with Gasteiger partial charge in [0.1, 0.15) is 4.90 Å². The topological polar surface area (TPSA) is 66.9 Å². The van der Waals surface area contributed by atoms with Gasteiger partial charge in [0.05, 0.1) is 23.7 Å². The van der Waals surface area contributed by atoms with Crippen molar-refractivity contribution in [2.45, 2.75) is 23.8 Å². The maximum absolute atomic E-state index is 13.4. The lowest BCUT2D eigenvalue weighted by Crippen LogP contribution is -2.31. The van der Waals surface area contributed by atoms with Crippen LogP contribution in [0.25, 0.3) is 0 Å². The van der Waals surface area contributed by atoms with Crippen LogP contribution in [0.5, 0.6) is 0 Å². The minimum absolute atomic E-state index is 0.0762. The lowest BCUT2D eigenvalue weighted by Gasteiger charge is -2.26. The first-order valence-corrected chi connectivity index (χ1v) is 10.7. The average Bonchev–Trinajstić information content (AvgIpc) is 3.18. The average molecular weight is 423 g/mol. The third-order valence-electron chi connectivity index (χ3n) is 4.91. The Morgan fingerprint density at radius 3 is 2.64 bits per heavy atom. The molecule has 1 atom stereocenters. The van der Waals surface area contributed by atoms with Gasteiger partial charge in [-0.15, -0.1) is 0 Å². The van der Waals surface area contributed by atoms with Crippen molar-refractivity contribution in [1.82, 2.24) is 4.31 Å². The molecular weight excluding hydrogens is 400 g/mol. The van der Waals surface area contributed by atoms with Crippen LogP contribution in [0.4, 0.5) is 5.69 Å². The molecule has 1 aliphatic rings. The van der Waals surface area contributed by atoms with Crippen LogP contribution in [0, 0.1) is 0 Å². The van der Waals surface area contributed by atoms with E-state index in [1.807, 2.05) is 43.3 Å². The van der Waals surface area contributed by atoms with Crippen LogP contribution in [-0.4, -0.2) is 46.4 Å². The number of anilines is 1. The molecule has 6 nitrogen and oxygen atoms in total. The molecule has 0 spiro atoms. The van der Waals surface area contributed by atoms with E-state index in [1.54, 1.807) is 0 Å². The van der Waals surface area contributed by atoms with Crippen LogP contribution < -0.4 is 4.90 Å². The van der Waals surface area contributed by atoms with Crippen LogP contribution in [0.3, 0.4) is 0 Å². The highest BCUT2D eigenvalue weighted by molar-refractivity contribution is 7.89. The molecular formula is C20H23ClN2O4S. The summed E-state index contributed by atoms with van der Waals surface area (Å²) >= 11 is 6.20. The van der Waals surface area contributed by atoms with E-state index >= 15 is 0 Å². The van der Waals surface area contributed by atoms with Crippen LogP contribution in [-0.2, 0) is 14.8 Å². The number of carbonyl (C=O) groups excluding carboxylic acids is 1. The summed E-state index contributed by atoms with van der Waals surface area (Å²) in [7, 11) is 1.25. The van der Waals surface area contributed by atoms with E-state index in [0.29, 0.717) is 6.54 Å². The second-order valence-electron chi connectivity index (χ2n) is 6.90. The minimum Gasteiger partial charge on any atom is -0.465 e. The summed E-state index contributed by atoms with van der Waals surface area (Å²) in [6.45, 7) is 0.401. The highest BCUT2D eigenvalue weighted by atomic mass is 35.5. The van der Waals surface area contributed by atoms with Crippen molar-refractivity contribution in [3.05, 3.63) is 58.6 Å². The van der Waals surface area contributed by atoms with Gasteiger partial charge in [0.15, 0.2) is 0 Å². The Morgan fingerprint density at radius 2 is 1.96 bits per heavy atom. The summed E-state index contributed by atoms with van der Waals surface area (Å²) in [6, 6.07) is 11.7. The van der Waals surface area contributed by atoms with Gasteiger partial charge in [0.25, 0.3) is 0 Å². The fraction of sp³-hybridized carbons (Fsp3) is 0.350. The number of rotatable bonds is 5. The molecule has 1 unspecified atom stereocenters. The molecule has 1 aliphatic heterocycles. The SMILES string of the molecule is COC(=O)c1ccc(Cl)c(S(=O)(=O)N2CCCC2c2cccc(N(C)C)c2)c1. The molecule has 0 radical (unpaired) electrons. The van der Waals surface area contributed by atoms with Gasteiger partial charge in [-0.2, -0.15) is 4.31 Å². The van der Waals surface area contributed by atoms with Gasteiger partial charge in [-0.3, -0.25) is 0 Å². The van der Waals surface area contributed by atoms with E-state index in [1.165, 1.54) is 29.6 Å². The van der Waals surface area contributed by atoms with Crippen LogP contribution in [0.1, 0.15) is 34.8 Å². The third kappa shape index (κ3) is 3.87. The molecule has 8 heteroatoms. The molecule has 0 aromatic heterocycles. The Kier molecular flexibility index (Phi) is 5.98. The molecule has 2 aromatic rings. The van der Waals surface area contributed by atoms with E-state index in [-0.39, 0.29) is 21.5 Å². The molecule has 2 aromatic carbocycles. The molecule has 0 aliphatic carbocycles. The number of nitrogens with zero attached hydrogens (tertiary/aromatic N) is 2. The van der Waals surface area contributed by atoms with Crippen molar-refractivity contribution >= 4 is 33.3 Å². The monoisotopic (exact) mass is 422 g/mol. The summed E-state index contributed by atoms with van der Waals surface area (Å²) in [4.78, 5) is 13.7. The summed E-state index contributed by atoms with van der Waals surface area (Å²) in [5.41, 5.74) is 2.09. The molecule has 0 bridgehead atoms. The Labute approximate surface area is 170 Å². The van der Waals surface area contributed by atoms with Gasteiger partial charge in [-0.1, -0.05) is 23.7 Å². The molecule has 0 amide bonds. The van der Waals surface area contributed by atoms with Crippen LogP contribution >= 0.6 is 11.6 Å². The number of ether oxygens (including phenoxy) is 1. The second kappa shape index (κ2) is 8.11. The normalized spacial score (nSPS) is 17.5. The first-order chi connectivity index (χ1) is 13.3. The molecule has 28 heavy (non-hydrogen) atoms. The summed E-state index contributed by atoms with van der Waals surface area (Å²) < 4.78 is 33.0. The first-order valence-electron chi connectivity index (χ1n) is 8.92. The van der Waals surface area contributed by atoms with Crippen molar-refractivity contribution in [2.24, 2.45) is 0 Å². The Hall–Kier alpha value is -2.09. The summed E-state index contributed by atoms with van der Waals surface area (Å²) in [5, 5.41) is 0.0837. The highest BCUT2D eigenvalue weighted by Crippen LogP contribution is 2.39. The quantitative estimate of drug-likeness (QED) is 0.687. The Morgan fingerprint density at radius 1 is 1.21 bits per heavy atom. The third-order valence-corrected chi connectivity index (χ3v) is 7.30. The van der Waals surface area contributed by atoms with E-state index in [4.69, 9.17) is 16.3 Å².